The molecule has 2 aromatic carbocycles. The summed E-state index contributed by atoms with van der Waals surface area (Å²) in [5.74, 6) is 2.47. The number of carbonyl (C=O) groups excluding carboxylic acids is 1. The van der Waals surface area contributed by atoms with Gasteiger partial charge in [0.2, 0.25) is 0 Å². The molecule has 5 nitrogen and oxygen atoms in total. The summed E-state index contributed by atoms with van der Waals surface area (Å²) in [4.78, 5) is 15.1. The van der Waals surface area contributed by atoms with Crippen LogP contribution in [0, 0.1) is 0 Å². The maximum absolute atomic E-state index is 13.1. The maximum atomic E-state index is 13.1. The molecular weight excluding hydrogens is 342 g/mol. The predicted octanol–water partition coefficient (Wildman–Crippen LogP) is 3.63. The molecule has 142 valence electrons. The molecule has 0 saturated heterocycles. The summed E-state index contributed by atoms with van der Waals surface area (Å²) in [6, 6.07) is 10.1. The van der Waals surface area contributed by atoms with E-state index in [0.29, 0.717) is 6.54 Å². The van der Waals surface area contributed by atoms with Crippen molar-refractivity contribution in [3.05, 3.63) is 52.6 Å². The lowest BCUT2D eigenvalue weighted by atomic mass is 9.71. The van der Waals surface area contributed by atoms with Crippen LogP contribution in [0.15, 0.2) is 30.3 Å². The Labute approximate surface area is 159 Å². The average Bonchev–Trinajstić information content (AvgIpc) is 2.72. The lowest BCUT2D eigenvalue weighted by molar-refractivity contribution is 0.0621. The predicted molar refractivity (Wildman–Crippen MR) is 103 cm³/mol. The van der Waals surface area contributed by atoms with Crippen LogP contribution >= 0.6 is 0 Å². The summed E-state index contributed by atoms with van der Waals surface area (Å²) in [6.45, 7) is 2.75. The molecule has 0 fully saturated rings. The highest BCUT2D eigenvalue weighted by atomic mass is 16.5. The van der Waals surface area contributed by atoms with Crippen LogP contribution in [-0.2, 0) is 6.42 Å². The van der Waals surface area contributed by atoms with Gasteiger partial charge in [-0.1, -0.05) is 0 Å². The molecule has 1 amide bonds. The first-order valence-corrected chi connectivity index (χ1v) is 9.36. The minimum Gasteiger partial charge on any atom is -0.497 e. The Morgan fingerprint density at radius 1 is 1.00 bits per heavy atom. The van der Waals surface area contributed by atoms with Crippen LogP contribution in [-0.4, -0.2) is 44.7 Å². The third-order valence-electron chi connectivity index (χ3n) is 5.90. The number of methoxy groups -OCH3 is 3. The highest BCUT2D eigenvalue weighted by Gasteiger charge is 2.43. The van der Waals surface area contributed by atoms with Gasteiger partial charge in [0.25, 0.3) is 5.91 Å². The fourth-order valence-corrected chi connectivity index (χ4v) is 4.63. The summed E-state index contributed by atoms with van der Waals surface area (Å²) in [5, 5.41) is 0. The Morgan fingerprint density at radius 2 is 1.74 bits per heavy atom. The maximum Gasteiger partial charge on any atom is 0.254 e. The zero-order valence-corrected chi connectivity index (χ0v) is 16.2. The molecule has 0 aromatic heterocycles. The van der Waals surface area contributed by atoms with Crippen molar-refractivity contribution in [3.8, 4) is 17.2 Å². The Morgan fingerprint density at radius 3 is 2.41 bits per heavy atom. The summed E-state index contributed by atoms with van der Waals surface area (Å²) in [5.41, 5.74) is 4.28. The van der Waals surface area contributed by atoms with E-state index in [2.05, 4.69) is 12.1 Å². The molecule has 0 N–H and O–H groups in total. The van der Waals surface area contributed by atoms with Crippen LogP contribution in [0.1, 0.15) is 46.3 Å². The quantitative estimate of drug-likeness (QED) is 0.828. The van der Waals surface area contributed by atoms with Crippen LogP contribution in [0.3, 0.4) is 0 Å². The van der Waals surface area contributed by atoms with E-state index in [1.54, 1.807) is 21.3 Å². The number of amides is 1. The van der Waals surface area contributed by atoms with Crippen molar-refractivity contribution in [2.45, 2.75) is 31.7 Å². The fourth-order valence-electron chi connectivity index (χ4n) is 4.63. The van der Waals surface area contributed by atoms with Gasteiger partial charge in [-0.25, -0.2) is 0 Å². The van der Waals surface area contributed by atoms with Crippen LogP contribution in [0.5, 0.6) is 17.2 Å². The van der Waals surface area contributed by atoms with Gasteiger partial charge in [0, 0.05) is 24.1 Å². The van der Waals surface area contributed by atoms with Gasteiger partial charge in [-0.2, -0.15) is 0 Å². The van der Waals surface area contributed by atoms with Crippen LogP contribution in [0.4, 0.5) is 0 Å². The van der Waals surface area contributed by atoms with E-state index in [0.717, 1.165) is 41.2 Å². The van der Waals surface area contributed by atoms with Gasteiger partial charge in [0.1, 0.15) is 5.75 Å². The van der Waals surface area contributed by atoms with E-state index < -0.39 is 0 Å². The third kappa shape index (κ3) is 2.64. The van der Waals surface area contributed by atoms with E-state index in [1.807, 2.05) is 30.0 Å². The first-order chi connectivity index (χ1) is 13.1. The monoisotopic (exact) mass is 367 g/mol. The van der Waals surface area contributed by atoms with Crippen molar-refractivity contribution in [2.75, 3.05) is 27.9 Å². The summed E-state index contributed by atoms with van der Waals surface area (Å²) in [6.07, 6.45) is 1.85. The molecule has 2 aromatic rings. The molecule has 1 heterocycles. The molecule has 5 heteroatoms. The Kier molecular flexibility index (Phi) is 4.46. The summed E-state index contributed by atoms with van der Waals surface area (Å²) < 4.78 is 16.5. The van der Waals surface area contributed by atoms with E-state index in [1.165, 1.54) is 11.1 Å². The Hall–Kier alpha value is -2.69. The second-order valence-corrected chi connectivity index (χ2v) is 7.03. The third-order valence-corrected chi connectivity index (χ3v) is 5.90. The average molecular weight is 367 g/mol. The highest BCUT2D eigenvalue weighted by Crippen LogP contribution is 2.47. The minimum absolute atomic E-state index is 0.108. The molecule has 2 aliphatic rings. The van der Waals surface area contributed by atoms with Crippen molar-refractivity contribution in [2.24, 2.45) is 0 Å². The first kappa shape index (κ1) is 17.7. The van der Waals surface area contributed by atoms with E-state index >= 15 is 0 Å². The van der Waals surface area contributed by atoms with Gasteiger partial charge in [0.05, 0.1) is 21.3 Å². The molecule has 4 rings (SSSR count). The number of carbonyl (C=O) groups is 1. The normalized spacial score (nSPS) is 20.4. The number of fused-ring (bicyclic) bond motifs is 5. The van der Waals surface area contributed by atoms with Gasteiger partial charge in [-0.3, -0.25) is 4.79 Å². The van der Waals surface area contributed by atoms with E-state index in [9.17, 15) is 4.79 Å². The molecular formula is C22H25NO4. The number of likely N-dealkylation sites (N-methyl/N-ethyl adjacent to an activating group) is 1. The van der Waals surface area contributed by atoms with Gasteiger partial charge in [-0.05, 0) is 66.8 Å². The molecule has 1 aliphatic carbocycles. The summed E-state index contributed by atoms with van der Waals surface area (Å²) in [7, 11) is 4.98. The minimum atomic E-state index is 0.108. The molecule has 0 spiro atoms. The van der Waals surface area contributed by atoms with Crippen LogP contribution in [0.2, 0.25) is 0 Å². The van der Waals surface area contributed by atoms with Gasteiger partial charge < -0.3 is 19.1 Å². The molecule has 0 saturated carbocycles. The smallest absolute Gasteiger partial charge is 0.254 e. The van der Waals surface area contributed by atoms with E-state index in [-0.39, 0.29) is 17.9 Å². The number of nitrogens with zero attached hydrogens (tertiary/aromatic N) is 1. The van der Waals surface area contributed by atoms with Crippen LogP contribution < -0.4 is 14.2 Å². The zero-order valence-electron chi connectivity index (χ0n) is 16.2. The molecule has 0 radical (unpaired) electrons. The molecule has 2 atom stereocenters. The molecule has 1 aliphatic heterocycles. The first-order valence-electron chi connectivity index (χ1n) is 9.36. The Bertz CT molecular complexity index is 892. The fraction of sp³-hybridized carbons (Fsp3) is 0.409. The largest absolute Gasteiger partial charge is 0.497 e. The number of ether oxygens (including phenoxy) is 3. The lowest BCUT2D eigenvalue weighted by Crippen LogP contribution is -2.50. The number of aryl methyl sites for hydroxylation is 1. The second kappa shape index (κ2) is 6.80. The topological polar surface area (TPSA) is 48.0 Å². The van der Waals surface area contributed by atoms with Crippen molar-refractivity contribution in [1.29, 1.82) is 0 Å². The molecule has 0 bridgehead atoms. The Balaban J connectivity index is 1.95. The highest BCUT2D eigenvalue weighted by molar-refractivity contribution is 5.98. The number of hydrogen-bond acceptors (Lipinski definition) is 4. The SMILES string of the molecule is CCN1C(=O)c2ccc(OC)cc2[C@@H]2c3cc(OC)c(OC)cc3CC[C@H]21. The standard InChI is InChI=1S/C22H25NO4/c1-5-23-18-9-6-13-10-19(26-3)20(27-4)12-16(13)21(18)17-11-14(25-2)7-8-15(17)22(23)24/h7-8,10-12,18,21H,5-6,9H2,1-4H3/t18-,21+/m1/s1. The molecule has 0 unspecified atom stereocenters. The number of hydrogen-bond donors (Lipinski definition) is 0. The van der Waals surface area contributed by atoms with Gasteiger partial charge in [-0.15, -0.1) is 0 Å². The van der Waals surface area contributed by atoms with Gasteiger partial charge >= 0.3 is 0 Å². The lowest BCUT2D eigenvalue weighted by Gasteiger charge is -2.45. The zero-order chi connectivity index (χ0) is 19.1. The number of benzene rings is 2. The van der Waals surface area contributed by atoms with Crippen molar-refractivity contribution in [3.63, 3.8) is 0 Å². The van der Waals surface area contributed by atoms with Gasteiger partial charge in [0.15, 0.2) is 11.5 Å². The summed E-state index contributed by atoms with van der Waals surface area (Å²) >= 11 is 0. The number of rotatable bonds is 4. The van der Waals surface area contributed by atoms with Crippen molar-refractivity contribution in [1.82, 2.24) is 4.90 Å². The van der Waals surface area contributed by atoms with Crippen LogP contribution in [0.25, 0.3) is 0 Å². The molecule has 27 heavy (non-hydrogen) atoms. The second-order valence-electron chi connectivity index (χ2n) is 7.03. The van der Waals surface area contributed by atoms with Crippen molar-refractivity contribution < 1.29 is 19.0 Å². The van der Waals surface area contributed by atoms with E-state index in [4.69, 9.17) is 14.2 Å². The van der Waals surface area contributed by atoms with Crippen molar-refractivity contribution >= 4 is 5.91 Å².